The van der Waals surface area contributed by atoms with Gasteiger partial charge in [-0.3, -0.25) is 9.69 Å². The Kier molecular flexibility index (Phi) is 5.85. The van der Waals surface area contributed by atoms with Crippen LogP contribution < -0.4 is 11.1 Å². The normalized spacial score (nSPS) is 10.1. The molecular formula is C13H18N4O. The number of carbonyl (C=O) groups excluding carboxylic acids is 1. The summed E-state index contributed by atoms with van der Waals surface area (Å²) in [5.41, 5.74) is 6.68. The van der Waals surface area contributed by atoms with Gasteiger partial charge in [-0.15, -0.1) is 0 Å². The second kappa shape index (κ2) is 7.43. The SMILES string of the molecule is CN(CCCN)CC(=O)Nc1ccc(C#N)cc1. The highest BCUT2D eigenvalue weighted by molar-refractivity contribution is 5.92. The minimum atomic E-state index is -0.0702. The van der Waals surface area contributed by atoms with E-state index in [-0.39, 0.29) is 5.91 Å². The van der Waals surface area contributed by atoms with Crippen LogP contribution in [0.5, 0.6) is 0 Å². The van der Waals surface area contributed by atoms with Crippen LogP contribution in [0.15, 0.2) is 24.3 Å². The summed E-state index contributed by atoms with van der Waals surface area (Å²) in [5.74, 6) is -0.0702. The van der Waals surface area contributed by atoms with Gasteiger partial charge in [-0.25, -0.2) is 0 Å². The van der Waals surface area contributed by atoms with Crippen molar-refractivity contribution in [3.63, 3.8) is 0 Å². The number of nitrogens with two attached hydrogens (primary N) is 1. The molecule has 0 fully saturated rings. The molecule has 0 atom stereocenters. The van der Waals surface area contributed by atoms with Crippen LogP contribution in [0.25, 0.3) is 0 Å². The van der Waals surface area contributed by atoms with E-state index in [1.165, 1.54) is 0 Å². The molecule has 0 bridgehead atoms. The van der Waals surface area contributed by atoms with Crippen molar-refractivity contribution in [2.24, 2.45) is 5.73 Å². The van der Waals surface area contributed by atoms with Gasteiger partial charge >= 0.3 is 0 Å². The van der Waals surface area contributed by atoms with Gasteiger partial charge in [0.15, 0.2) is 0 Å². The van der Waals surface area contributed by atoms with Gasteiger partial charge in [0.25, 0.3) is 0 Å². The average Bonchev–Trinajstić information content (AvgIpc) is 2.37. The van der Waals surface area contributed by atoms with E-state index in [0.717, 1.165) is 13.0 Å². The predicted octanol–water partition coefficient (Wildman–Crippen LogP) is 0.777. The number of nitriles is 1. The largest absolute Gasteiger partial charge is 0.330 e. The van der Waals surface area contributed by atoms with E-state index in [1.807, 2.05) is 18.0 Å². The highest BCUT2D eigenvalue weighted by Gasteiger charge is 2.06. The van der Waals surface area contributed by atoms with E-state index in [4.69, 9.17) is 11.0 Å². The van der Waals surface area contributed by atoms with E-state index in [0.29, 0.717) is 24.3 Å². The summed E-state index contributed by atoms with van der Waals surface area (Å²) in [7, 11) is 1.88. The van der Waals surface area contributed by atoms with Gasteiger partial charge in [0, 0.05) is 5.69 Å². The van der Waals surface area contributed by atoms with Gasteiger partial charge in [-0.1, -0.05) is 0 Å². The van der Waals surface area contributed by atoms with Crippen LogP contribution in [0.1, 0.15) is 12.0 Å². The van der Waals surface area contributed by atoms with Crippen molar-refractivity contribution < 1.29 is 4.79 Å². The van der Waals surface area contributed by atoms with Gasteiger partial charge in [0.05, 0.1) is 18.2 Å². The molecule has 0 spiro atoms. The molecule has 18 heavy (non-hydrogen) atoms. The van der Waals surface area contributed by atoms with Crippen molar-refractivity contribution in [1.82, 2.24) is 4.90 Å². The van der Waals surface area contributed by atoms with Crippen molar-refractivity contribution in [1.29, 1.82) is 5.26 Å². The standard InChI is InChI=1S/C13H18N4O/c1-17(8-2-7-14)10-13(18)16-12-5-3-11(9-15)4-6-12/h3-6H,2,7-8,10,14H2,1H3,(H,16,18). The number of likely N-dealkylation sites (N-methyl/N-ethyl adjacent to an activating group) is 1. The Morgan fingerprint density at radius 3 is 2.67 bits per heavy atom. The number of hydrogen-bond acceptors (Lipinski definition) is 4. The maximum absolute atomic E-state index is 11.7. The number of nitrogens with zero attached hydrogens (tertiary/aromatic N) is 2. The molecule has 0 aliphatic carbocycles. The summed E-state index contributed by atoms with van der Waals surface area (Å²) < 4.78 is 0. The lowest BCUT2D eigenvalue weighted by Gasteiger charge is -2.15. The van der Waals surface area contributed by atoms with Crippen LogP contribution in [-0.2, 0) is 4.79 Å². The van der Waals surface area contributed by atoms with Crippen molar-refractivity contribution in [3.8, 4) is 6.07 Å². The van der Waals surface area contributed by atoms with Gasteiger partial charge in [0.1, 0.15) is 0 Å². The summed E-state index contributed by atoms with van der Waals surface area (Å²) in [6.45, 7) is 1.76. The number of anilines is 1. The molecule has 0 saturated heterocycles. The van der Waals surface area contributed by atoms with Crippen LogP contribution in [0, 0.1) is 11.3 Å². The number of hydrogen-bond donors (Lipinski definition) is 2. The fourth-order valence-corrected chi connectivity index (χ4v) is 1.51. The fourth-order valence-electron chi connectivity index (χ4n) is 1.51. The molecule has 3 N–H and O–H groups in total. The second-order valence-electron chi connectivity index (χ2n) is 4.12. The third-order valence-corrected chi connectivity index (χ3v) is 2.46. The average molecular weight is 246 g/mol. The molecule has 0 heterocycles. The third-order valence-electron chi connectivity index (χ3n) is 2.46. The molecule has 0 aromatic heterocycles. The number of nitrogens with one attached hydrogen (secondary N) is 1. The van der Waals surface area contributed by atoms with Crippen LogP contribution in [0.3, 0.4) is 0 Å². The Morgan fingerprint density at radius 2 is 2.11 bits per heavy atom. The molecule has 0 radical (unpaired) electrons. The topological polar surface area (TPSA) is 82.2 Å². The van der Waals surface area contributed by atoms with Crippen LogP contribution in [-0.4, -0.2) is 37.5 Å². The minimum absolute atomic E-state index is 0.0702. The molecule has 0 aliphatic rings. The molecule has 5 heteroatoms. The lowest BCUT2D eigenvalue weighted by molar-refractivity contribution is -0.117. The molecule has 1 aromatic carbocycles. The smallest absolute Gasteiger partial charge is 0.238 e. The Hall–Kier alpha value is -1.90. The first-order valence-corrected chi connectivity index (χ1v) is 5.84. The van der Waals surface area contributed by atoms with Gasteiger partial charge in [-0.2, -0.15) is 5.26 Å². The van der Waals surface area contributed by atoms with Gasteiger partial charge < -0.3 is 11.1 Å². The van der Waals surface area contributed by atoms with Gasteiger partial charge in [0.2, 0.25) is 5.91 Å². The molecule has 0 saturated carbocycles. The zero-order chi connectivity index (χ0) is 13.4. The van der Waals surface area contributed by atoms with Crippen LogP contribution in [0.4, 0.5) is 5.69 Å². The number of rotatable bonds is 6. The van der Waals surface area contributed by atoms with E-state index in [2.05, 4.69) is 5.32 Å². The van der Waals surface area contributed by atoms with E-state index >= 15 is 0 Å². The van der Waals surface area contributed by atoms with Crippen LogP contribution >= 0.6 is 0 Å². The molecular weight excluding hydrogens is 228 g/mol. The lowest BCUT2D eigenvalue weighted by Crippen LogP contribution is -2.31. The number of carbonyl (C=O) groups is 1. The van der Waals surface area contributed by atoms with E-state index < -0.39 is 0 Å². The van der Waals surface area contributed by atoms with E-state index in [1.54, 1.807) is 24.3 Å². The molecule has 1 amide bonds. The monoisotopic (exact) mass is 246 g/mol. The maximum atomic E-state index is 11.7. The molecule has 96 valence electrons. The molecule has 1 aromatic rings. The minimum Gasteiger partial charge on any atom is -0.330 e. The molecule has 0 unspecified atom stereocenters. The first kappa shape index (κ1) is 14.2. The summed E-state index contributed by atoms with van der Waals surface area (Å²) in [5, 5.41) is 11.4. The third kappa shape index (κ3) is 4.95. The Labute approximate surface area is 107 Å². The fraction of sp³-hybridized carbons (Fsp3) is 0.385. The zero-order valence-electron chi connectivity index (χ0n) is 10.5. The Balaban J connectivity index is 2.41. The lowest BCUT2D eigenvalue weighted by atomic mass is 10.2. The highest BCUT2D eigenvalue weighted by Crippen LogP contribution is 2.08. The summed E-state index contributed by atoms with van der Waals surface area (Å²) in [6, 6.07) is 8.82. The molecule has 0 aliphatic heterocycles. The number of benzene rings is 1. The van der Waals surface area contributed by atoms with Crippen molar-refractivity contribution >= 4 is 11.6 Å². The first-order chi connectivity index (χ1) is 8.65. The van der Waals surface area contributed by atoms with Crippen LogP contribution in [0.2, 0.25) is 0 Å². The highest BCUT2D eigenvalue weighted by atomic mass is 16.2. The summed E-state index contributed by atoms with van der Waals surface area (Å²) in [4.78, 5) is 13.6. The zero-order valence-corrected chi connectivity index (χ0v) is 10.5. The van der Waals surface area contributed by atoms with Crippen molar-refractivity contribution in [2.75, 3.05) is 32.0 Å². The van der Waals surface area contributed by atoms with Gasteiger partial charge in [-0.05, 0) is 50.8 Å². The second-order valence-corrected chi connectivity index (χ2v) is 4.12. The van der Waals surface area contributed by atoms with Crippen molar-refractivity contribution in [2.45, 2.75) is 6.42 Å². The van der Waals surface area contributed by atoms with Crippen molar-refractivity contribution in [3.05, 3.63) is 29.8 Å². The summed E-state index contributed by atoms with van der Waals surface area (Å²) >= 11 is 0. The first-order valence-electron chi connectivity index (χ1n) is 5.84. The molecule has 5 nitrogen and oxygen atoms in total. The predicted molar refractivity (Wildman–Crippen MR) is 71.0 cm³/mol. The summed E-state index contributed by atoms with van der Waals surface area (Å²) in [6.07, 6.45) is 0.876. The quantitative estimate of drug-likeness (QED) is 0.777. The number of amides is 1. The Morgan fingerprint density at radius 1 is 1.44 bits per heavy atom. The Bertz CT molecular complexity index is 422. The molecule has 1 rings (SSSR count). The maximum Gasteiger partial charge on any atom is 0.238 e. The van der Waals surface area contributed by atoms with E-state index in [9.17, 15) is 4.79 Å².